The van der Waals surface area contributed by atoms with Gasteiger partial charge in [-0.3, -0.25) is 0 Å². The number of hydrogen-bond acceptors (Lipinski definition) is 3. The summed E-state index contributed by atoms with van der Waals surface area (Å²) in [6.07, 6.45) is 8.14. The number of hydrogen-bond donors (Lipinski definition) is 1. The van der Waals surface area contributed by atoms with E-state index in [1.165, 1.54) is 32.1 Å². The van der Waals surface area contributed by atoms with Crippen LogP contribution in [0.4, 0.5) is 0 Å². The molecule has 2 N–H and O–H groups in total. The van der Waals surface area contributed by atoms with Gasteiger partial charge < -0.3 is 10.3 Å². The van der Waals surface area contributed by atoms with E-state index in [1.54, 1.807) is 0 Å². The monoisotopic (exact) mass is 260 g/mol. The van der Waals surface area contributed by atoms with Crippen LogP contribution in [-0.4, -0.2) is 21.3 Å². The third kappa shape index (κ3) is 1.76. The van der Waals surface area contributed by atoms with Crippen molar-refractivity contribution in [2.24, 2.45) is 29.4 Å². The summed E-state index contributed by atoms with van der Waals surface area (Å²) < 4.78 is 2.46. The fourth-order valence-electron chi connectivity index (χ4n) is 5.42. The van der Waals surface area contributed by atoms with Crippen molar-refractivity contribution in [2.75, 3.05) is 6.54 Å². The number of nitrogens with zero attached hydrogens (tertiary/aromatic N) is 3. The molecule has 4 nitrogen and oxygen atoms in total. The Balaban J connectivity index is 1.70. The summed E-state index contributed by atoms with van der Waals surface area (Å²) >= 11 is 0. The van der Waals surface area contributed by atoms with E-state index in [0.29, 0.717) is 12.6 Å². The fourth-order valence-corrected chi connectivity index (χ4v) is 5.42. The average Bonchev–Trinajstić information content (AvgIpc) is 2.71. The summed E-state index contributed by atoms with van der Waals surface area (Å²) in [5.41, 5.74) is 5.73. The highest BCUT2D eigenvalue weighted by Crippen LogP contribution is 2.58. The number of nitrogens with two attached hydrogens (primary N) is 1. The molecule has 19 heavy (non-hydrogen) atoms. The summed E-state index contributed by atoms with van der Waals surface area (Å²) in [7, 11) is 0. The van der Waals surface area contributed by atoms with Crippen LogP contribution in [0.5, 0.6) is 0 Å². The molecule has 0 atom stereocenters. The van der Waals surface area contributed by atoms with Gasteiger partial charge in [0.05, 0.1) is 0 Å². The van der Waals surface area contributed by atoms with E-state index < -0.39 is 0 Å². The number of aryl methyl sites for hydroxylation is 1. The Bertz CT molecular complexity index is 450. The van der Waals surface area contributed by atoms with Gasteiger partial charge in [0.25, 0.3) is 0 Å². The van der Waals surface area contributed by atoms with Gasteiger partial charge in [-0.25, -0.2) is 0 Å². The molecular weight excluding hydrogens is 236 g/mol. The van der Waals surface area contributed by atoms with Gasteiger partial charge in [-0.1, -0.05) is 0 Å². The molecule has 4 bridgehead atoms. The molecular formula is C15H24N4. The van der Waals surface area contributed by atoms with Crippen molar-refractivity contribution in [1.29, 1.82) is 0 Å². The van der Waals surface area contributed by atoms with E-state index in [0.717, 1.165) is 41.7 Å². The Labute approximate surface area is 114 Å². The first kappa shape index (κ1) is 11.9. The van der Waals surface area contributed by atoms with Crippen LogP contribution in [0.15, 0.2) is 0 Å². The van der Waals surface area contributed by atoms with E-state index in [1.807, 2.05) is 0 Å². The lowest BCUT2D eigenvalue weighted by atomic mass is 9.54. The van der Waals surface area contributed by atoms with E-state index in [9.17, 15) is 0 Å². The molecule has 5 rings (SSSR count). The highest BCUT2D eigenvalue weighted by Gasteiger charge is 2.49. The fraction of sp³-hybridized carbons (Fsp3) is 0.867. The molecule has 0 spiro atoms. The lowest BCUT2D eigenvalue weighted by Crippen LogP contribution is -2.46. The van der Waals surface area contributed by atoms with E-state index in [2.05, 4.69) is 21.7 Å². The maximum Gasteiger partial charge on any atom is 0.134 e. The lowest BCUT2D eigenvalue weighted by molar-refractivity contribution is -0.0308. The molecule has 4 aliphatic rings. The SMILES string of the molecule is Cc1nnc(CCN)n1C1C2CC3CC(C2)CC1C3. The number of rotatable bonds is 3. The molecule has 4 saturated carbocycles. The zero-order chi connectivity index (χ0) is 13.0. The van der Waals surface area contributed by atoms with Crippen LogP contribution in [-0.2, 0) is 6.42 Å². The van der Waals surface area contributed by atoms with Gasteiger partial charge >= 0.3 is 0 Å². The minimum Gasteiger partial charge on any atom is -0.330 e. The molecule has 0 radical (unpaired) electrons. The molecule has 1 heterocycles. The zero-order valence-corrected chi connectivity index (χ0v) is 11.8. The highest BCUT2D eigenvalue weighted by atomic mass is 15.3. The first-order chi connectivity index (χ1) is 9.26. The Kier molecular flexibility index (Phi) is 2.69. The van der Waals surface area contributed by atoms with Crippen LogP contribution in [0.2, 0.25) is 0 Å². The molecule has 104 valence electrons. The van der Waals surface area contributed by atoms with Crippen LogP contribution < -0.4 is 5.73 Å². The Morgan fingerprint density at radius 2 is 1.68 bits per heavy atom. The maximum atomic E-state index is 5.73. The smallest absolute Gasteiger partial charge is 0.134 e. The van der Waals surface area contributed by atoms with Crippen molar-refractivity contribution >= 4 is 0 Å². The van der Waals surface area contributed by atoms with Gasteiger partial charge in [0.15, 0.2) is 0 Å². The summed E-state index contributed by atoms with van der Waals surface area (Å²) in [4.78, 5) is 0. The van der Waals surface area contributed by atoms with E-state index in [-0.39, 0.29) is 0 Å². The molecule has 0 amide bonds. The van der Waals surface area contributed by atoms with Gasteiger partial charge in [-0.2, -0.15) is 0 Å². The van der Waals surface area contributed by atoms with Gasteiger partial charge in [-0.05, 0) is 69.2 Å². The Hall–Kier alpha value is -0.900. The summed E-state index contributed by atoms with van der Waals surface area (Å²) in [6, 6.07) is 0.671. The molecule has 1 aromatic heterocycles. The molecule has 0 aromatic carbocycles. The van der Waals surface area contributed by atoms with Crippen LogP contribution >= 0.6 is 0 Å². The first-order valence-electron chi connectivity index (χ1n) is 7.86. The van der Waals surface area contributed by atoms with E-state index in [4.69, 9.17) is 5.73 Å². The highest BCUT2D eigenvalue weighted by molar-refractivity contribution is 5.07. The molecule has 0 aliphatic heterocycles. The van der Waals surface area contributed by atoms with Crippen LogP contribution in [0.3, 0.4) is 0 Å². The third-order valence-electron chi connectivity index (χ3n) is 5.78. The summed E-state index contributed by atoms with van der Waals surface area (Å²) in [5, 5.41) is 8.70. The predicted molar refractivity (Wildman–Crippen MR) is 73.6 cm³/mol. The molecule has 4 aliphatic carbocycles. The standard InChI is InChI=1S/C15H24N4/c1-9-17-18-14(2-3-16)19(9)15-12-5-10-4-11(7-12)8-13(15)6-10/h10-13,15H,2-8,16H2,1H3. The second kappa shape index (κ2) is 4.30. The van der Waals surface area contributed by atoms with Crippen molar-refractivity contribution in [3.8, 4) is 0 Å². The summed E-state index contributed by atoms with van der Waals surface area (Å²) in [5.74, 6) is 6.02. The van der Waals surface area contributed by atoms with Crippen molar-refractivity contribution in [2.45, 2.75) is 51.5 Å². The van der Waals surface area contributed by atoms with Crippen LogP contribution in [0.1, 0.15) is 49.8 Å². The van der Waals surface area contributed by atoms with Gasteiger partial charge in [0.2, 0.25) is 0 Å². The van der Waals surface area contributed by atoms with Gasteiger partial charge in [-0.15, -0.1) is 10.2 Å². The third-order valence-corrected chi connectivity index (χ3v) is 5.78. The quantitative estimate of drug-likeness (QED) is 0.905. The van der Waals surface area contributed by atoms with Crippen molar-refractivity contribution in [1.82, 2.24) is 14.8 Å². The normalized spacial score (nSPS) is 40.0. The topological polar surface area (TPSA) is 56.7 Å². The largest absolute Gasteiger partial charge is 0.330 e. The number of aromatic nitrogens is 3. The minimum atomic E-state index is 0.671. The van der Waals surface area contributed by atoms with Gasteiger partial charge in [0, 0.05) is 12.5 Å². The molecule has 0 unspecified atom stereocenters. The zero-order valence-electron chi connectivity index (χ0n) is 11.8. The van der Waals surface area contributed by atoms with Crippen molar-refractivity contribution < 1.29 is 0 Å². The molecule has 1 aromatic rings. The van der Waals surface area contributed by atoms with Crippen molar-refractivity contribution in [3.63, 3.8) is 0 Å². The van der Waals surface area contributed by atoms with Gasteiger partial charge in [0.1, 0.15) is 11.6 Å². The minimum absolute atomic E-state index is 0.671. The lowest BCUT2D eigenvalue weighted by Gasteiger charge is -2.55. The maximum absolute atomic E-state index is 5.73. The Morgan fingerprint density at radius 1 is 1.05 bits per heavy atom. The first-order valence-corrected chi connectivity index (χ1v) is 7.86. The summed E-state index contributed by atoms with van der Waals surface area (Å²) in [6.45, 7) is 2.78. The average molecular weight is 260 g/mol. The van der Waals surface area contributed by atoms with Crippen molar-refractivity contribution in [3.05, 3.63) is 11.6 Å². The molecule has 4 fully saturated rings. The van der Waals surface area contributed by atoms with E-state index >= 15 is 0 Å². The predicted octanol–water partition coefficient (Wildman–Crippen LogP) is 2.08. The second-order valence-corrected chi connectivity index (χ2v) is 6.99. The van der Waals surface area contributed by atoms with Crippen LogP contribution in [0.25, 0.3) is 0 Å². The second-order valence-electron chi connectivity index (χ2n) is 6.99. The molecule has 0 saturated heterocycles. The van der Waals surface area contributed by atoms with Crippen LogP contribution in [0, 0.1) is 30.6 Å². The molecule has 4 heteroatoms. The Morgan fingerprint density at radius 3 is 2.26 bits per heavy atom.